The molecule has 0 bridgehead atoms. The number of sulfone groups is 1. The van der Waals surface area contributed by atoms with Gasteiger partial charge in [-0.05, 0) is 32.4 Å². The molecule has 96 valence electrons. The molecule has 2 N–H and O–H groups in total. The standard InChI is InChI=1S/C11H24N2O2S/c1-3-7-13(4-2)11(9-12)6-5-8-16(14,15)10-11/h3-10,12H2,1-2H3. The van der Waals surface area contributed by atoms with Crippen LogP contribution in [0, 0.1) is 0 Å². The van der Waals surface area contributed by atoms with Gasteiger partial charge in [0.1, 0.15) is 0 Å². The van der Waals surface area contributed by atoms with Gasteiger partial charge in [0.05, 0.1) is 11.5 Å². The van der Waals surface area contributed by atoms with Gasteiger partial charge in [-0.1, -0.05) is 13.8 Å². The summed E-state index contributed by atoms with van der Waals surface area (Å²) in [6.07, 6.45) is 2.70. The van der Waals surface area contributed by atoms with Gasteiger partial charge in [0.25, 0.3) is 0 Å². The first-order valence-electron chi connectivity index (χ1n) is 6.15. The Labute approximate surface area is 99.1 Å². The number of nitrogens with zero attached hydrogens (tertiary/aromatic N) is 1. The summed E-state index contributed by atoms with van der Waals surface area (Å²) in [5.41, 5.74) is 5.56. The van der Waals surface area contributed by atoms with Crippen molar-refractivity contribution >= 4 is 9.84 Å². The highest BCUT2D eigenvalue weighted by atomic mass is 32.2. The van der Waals surface area contributed by atoms with Crippen LogP contribution in [0.5, 0.6) is 0 Å². The molecule has 0 radical (unpaired) electrons. The molecule has 1 saturated heterocycles. The third kappa shape index (κ3) is 2.96. The average Bonchev–Trinajstić information content (AvgIpc) is 2.24. The van der Waals surface area contributed by atoms with Crippen molar-refractivity contribution in [1.82, 2.24) is 4.90 Å². The Morgan fingerprint density at radius 3 is 2.50 bits per heavy atom. The Morgan fingerprint density at radius 2 is 2.06 bits per heavy atom. The summed E-state index contributed by atoms with van der Waals surface area (Å²) in [5, 5.41) is 0. The zero-order valence-electron chi connectivity index (χ0n) is 10.4. The molecule has 1 heterocycles. The summed E-state index contributed by atoms with van der Waals surface area (Å²) >= 11 is 0. The number of nitrogens with two attached hydrogens (primary N) is 1. The summed E-state index contributed by atoms with van der Waals surface area (Å²) < 4.78 is 23.5. The normalized spacial score (nSPS) is 29.5. The third-order valence-electron chi connectivity index (χ3n) is 3.51. The fourth-order valence-electron chi connectivity index (χ4n) is 2.71. The SMILES string of the molecule is CCCN(CC)C1(CN)CCCS(=O)(=O)C1. The maximum atomic E-state index is 11.8. The van der Waals surface area contributed by atoms with E-state index in [0.29, 0.717) is 12.3 Å². The van der Waals surface area contributed by atoms with Crippen LogP contribution in [-0.4, -0.2) is 50.0 Å². The van der Waals surface area contributed by atoms with E-state index >= 15 is 0 Å². The molecule has 1 fully saturated rings. The highest BCUT2D eigenvalue weighted by molar-refractivity contribution is 7.91. The maximum absolute atomic E-state index is 11.8. The van der Waals surface area contributed by atoms with Gasteiger partial charge in [0.15, 0.2) is 9.84 Å². The third-order valence-corrected chi connectivity index (χ3v) is 5.40. The van der Waals surface area contributed by atoms with Crippen molar-refractivity contribution in [3.63, 3.8) is 0 Å². The van der Waals surface area contributed by atoms with E-state index in [2.05, 4.69) is 18.7 Å². The minimum absolute atomic E-state index is 0.240. The van der Waals surface area contributed by atoms with Crippen LogP contribution in [0.15, 0.2) is 0 Å². The lowest BCUT2D eigenvalue weighted by atomic mass is 9.93. The van der Waals surface area contributed by atoms with Crippen molar-refractivity contribution in [1.29, 1.82) is 0 Å². The predicted molar refractivity (Wildman–Crippen MR) is 67.2 cm³/mol. The topological polar surface area (TPSA) is 63.4 Å². The van der Waals surface area contributed by atoms with Crippen LogP contribution in [0.1, 0.15) is 33.1 Å². The number of hydrogen-bond acceptors (Lipinski definition) is 4. The molecule has 1 rings (SSSR count). The van der Waals surface area contributed by atoms with Gasteiger partial charge in [-0.2, -0.15) is 0 Å². The predicted octanol–water partition coefficient (Wildman–Crippen LogP) is 0.624. The highest BCUT2D eigenvalue weighted by Crippen LogP contribution is 2.28. The first kappa shape index (κ1) is 13.9. The second-order valence-corrected chi connectivity index (χ2v) is 6.89. The second kappa shape index (κ2) is 5.47. The van der Waals surface area contributed by atoms with E-state index in [0.717, 1.165) is 32.4 Å². The summed E-state index contributed by atoms with van der Waals surface area (Å²) in [6, 6.07) is 0. The van der Waals surface area contributed by atoms with Crippen molar-refractivity contribution in [2.75, 3.05) is 31.1 Å². The molecule has 1 aliphatic rings. The zero-order chi connectivity index (χ0) is 12.2. The van der Waals surface area contributed by atoms with Crippen molar-refractivity contribution in [2.45, 2.75) is 38.6 Å². The molecule has 1 unspecified atom stereocenters. The fraction of sp³-hybridized carbons (Fsp3) is 1.00. The van der Waals surface area contributed by atoms with E-state index in [1.165, 1.54) is 0 Å². The van der Waals surface area contributed by atoms with Crippen LogP contribution in [0.4, 0.5) is 0 Å². The lowest BCUT2D eigenvalue weighted by Crippen LogP contribution is -2.60. The first-order valence-corrected chi connectivity index (χ1v) is 7.97. The van der Waals surface area contributed by atoms with Gasteiger partial charge in [-0.15, -0.1) is 0 Å². The summed E-state index contributed by atoms with van der Waals surface area (Å²) in [4.78, 5) is 2.25. The molecule has 1 atom stereocenters. The van der Waals surface area contributed by atoms with E-state index in [9.17, 15) is 8.42 Å². The van der Waals surface area contributed by atoms with Crippen molar-refractivity contribution in [3.05, 3.63) is 0 Å². The van der Waals surface area contributed by atoms with Crippen LogP contribution in [0.2, 0.25) is 0 Å². The molecule has 16 heavy (non-hydrogen) atoms. The van der Waals surface area contributed by atoms with E-state index in [4.69, 9.17) is 5.73 Å². The zero-order valence-corrected chi connectivity index (χ0v) is 11.2. The molecule has 4 nitrogen and oxygen atoms in total. The Morgan fingerprint density at radius 1 is 1.38 bits per heavy atom. The Balaban J connectivity index is 2.90. The van der Waals surface area contributed by atoms with Crippen LogP contribution in [0.3, 0.4) is 0 Å². The largest absolute Gasteiger partial charge is 0.329 e. The van der Waals surface area contributed by atoms with Gasteiger partial charge >= 0.3 is 0 Å². The van der Waals surface area contributed by atoms with E-state index in [1.54, 1.807) is 0 Å². The number of rotatable bonds is 5. The van der Waals surface area contributed by atoms with Crippen molar-refractivity contribution in [2.24, 2.45) is 5.73 Å². The van der Waals surface area contributed by atoms with Crippen molar-refractivity contribution in [3.8, 4) is 0 Å². The molecular formula is C11H24N2O2S. The van der Waals surface area contributed by atoms with Gasteiger partial charge in [0, 0.05) is 12.1 Å². The van der Waals surface area contributed by atoms with E-state index in [-0.39, 0.29) is 11.3 Å². The minimum atomic E-state index is -2.90. The fourth-order valence-corrected chi connectivity index (χ4v) is 4.71. The Kier molecular flexibility index (Phi) is 4.76. The molecule has 0 amide bonds. The van der Waals surface area contributed by atoms with Crippen molar-refractivity contribution < 1.29 is 8.42 Å². The lowest BCUT2D eigenvalue weighted by molar-refractivity contribution is 0.106. The summed E-state index contributed by atoms with van der Waals surface area (Å²) in [7, 11) is -2.90. The Hall–Kier alpha value is -0.130. The van der Waals surface area contributed by atoms with Gasteiger partial charge < -0.3 is 5.73 Å². The molecule has 5 heteroatoms. The van der Waals surface area contributed by atoms with Crippen LogP contribution in [0.25, 0.3) is 0 Å². The summed E-state index contributed by atoms with van der Waals surface area (Å²) in [5.74, 6) is 0.572. The monoisotopic (exact) mass is 248 g/mol. The second-order valence-electron chi connectivity index (χ2n) is 4.70. The molecule has 1 aliphatic heterocycles. The van der Waals surface area contributed by atoms with Crippen LogP contribution >= 0.6 is 0 Å². The summed E-state index contributed by atoms with van der Waals surface area (Å²) in [6.45, 7) is 6.45. The van der Waals surface area contributed by atoms with Gasteiger partial charge in [-0.3, -0.25) is 4.90 Å². The van der Waals surface area contributed by atoms with Crippen LogP contribution in [-0.2, 0) is 9.84 Å². The highest BCUT2D eigenvalue weighted by Gasteiger charge is 2.41. The lowest BCUT2D eigenvalue weighted by Gasteiger charge is -2.45. The van der Waals surface area contributed by atoms with E-state index < -0.39 is 9.84 Å². The Bertz CT molecular complexity index is 316. The van der Waals surface area contributed by atoms with Gasteiger partial charge in [-0.25, -0.2) is 8.42 Å². The molecule has 0 aromatic rings. The maximum Gasteiger partial charge on any atom is 0.152 e. The van der Waals surface area contributed by atoms with Crippen LogP contribution < -0.4 is 5.73 Å². The molecule has 0 spiro atoms. The first-order chi connectivity index (χ1) is 7.49. The quantitative estimate of drug-likeness (QED) is 0.775. The minimum Gasteiger partial charge on any atom is -0.329 e. The van der Waals surface area contributed by atoms with Gasteiger partial charge in [0.2, 0.25) is 0 Å². The molecule has 0 aromatic heterocycles. The molecule has 0 saturated carbocycles. The molecular weight excluding hydrogens is 224 g/mol. The molecule has 0 aliphatic carbocycles. The number of likely N-dealkylation sites (N-methyl/N-ethyl adjacent to an activating group) is 1. The average molecular weight is 248 g/mol. The smallest absolute Gasteiger partial charge is 0.152 e. The number of hydrogen-bond donors (Lipinski definition) is 1. The molecule has 0 aromatic carbocycles. The van der Waals surface area contributed by atoms with E-state index in [1.807, 2.05) is 0 Å².